The van der Waals surface area contributed by atoms with Crippen LogP contribution in [0.1, 0.15) is 25.8 Å². The van der Waals surface area contributed by atoms with Gasteiger partial charge in [0.25, 0.3) is 0 Å². The second-order valence-electron chi connectivity index (χ2n) is 6.45. The summed E-state index contributed by atoms with van der Waals surface area (Å²) < 4.78 is 0. The van der Waals surface area contributed by atoms with Gasteiger partial charge in [-0.1, -0.05) is 19.1 Å². The minimum Gasteiger partial charge on any atom is -0.357 e. The molecule has 1 aliphatic heterocycles. The molecular formula is C19H32N4S. The second-order valence-corrected chi connectivity index (χ2v) is 7.33. The van der Waals surface area contributed by atoms with Crippen LogP contribution in [-0.2, 0) is 6.54 Å². The van der Waals surface area contributed by atoms with E-state index in [9.17, 15) is 0 Å². The Balaban J connectivity index is 1.93. The standard InChI is InChI=1S/C19H32N4S/c1-5-20-19(21-13-17-11-12-23(6-2)15-17)22(3)14-16-7-9-18(24-4)10-8-16/h7-10,17H,5-6,11-15H2,1-4H3,(H,20,21). The maximum atomic E-state index is 4.89. The summed E-state index contributed by atoms with van der Waals surface area (Å²) in [6.45, 7) is 10.7. The number of thioether (sulfide) groups is 1. The van der Waals surface area contributed by atoms with E-state index in [2.05, 4.69) is 66.5 Å². The molecule has 0 radical (unpaired) electrons. The van der Waals surface area contributed by atoms with E-state index in [1.54, 1.807) is 11.8 Å². The van der Waals surface area contributed by atoms with Crippen molar-refractivity contribution < 1.29 is 0 Å². The van der Waals surface area contributed by atoms with E-state index in [-0.39, 0.29) is 0 Å². The van der Waals surface area contributed by atoms with E-state index in [1.165, 1.54) is 30.0 Å². The molecule has 24 heavy (non-hydrogen) atoms. The predicted octanol–water partition coefficient (Wildman–Crippen LogP) is 3.15. The molecule has 1 fully saturated rings. The number of rotatable bonds is 7. The molecule has 1 aromatic rings. The summed E-state index contributed by atoms with van der Waals surface area (Å²) in [4.78, 5) is 10.9. The van der Waals surface area contributed by atoms with E-state index < -0.39 is 0 Å². The Morgan fingerprint density at radius 1 is 1.33 bits per heavy atom. The molecule has 1 aromatic carbocycles. The smallest absolute Gasteiger partial charge is 0.193 e. The van der Waals surface area contributed by atoms with Crippen LogP contribution in [0, 0.1) is 5.92 Å². The van der Waals surface area contributed by atoms with Crippen molar-refractivity contribution in [3.63, 3.8) is 0 Å². The first-order valence-corrected chi connectivity index (χ1v) is 10.2. The lowest BCUT2D eigenvalue weighted by atomic mass is 10.1. The largest absolute Gasteiger partial charge is 0.357 e. The van der Waals surface area contributed by atoms with Crippen LogP contribution in [0.25, 0.3) is 0 Å². The highest BCUT2D eigenvalue weighted by molar-refractivity contribution is 7.98. The van der Waals surface area contributed by atoms with Gasteiger partial charge in [-0.05, 0) is 56.3 Å². The quantitative estimate of drug-likeness (QED) is 0.466. The summed E-state index contributed by atoms with van der Waals surface area (Å²) in [5.41, 5.74) is 1.32. The molecule has 5 heteroatoms. The molecule has 1 heterocycles. The Labute approximate surface area is 151 Å². The van der Waals surface area contributed by atoms with Gasteiger partial charge in [0.05, 0.1) is 0 Å². The summed E-state index contributed by atoms with van der Waals surface area (Å²) >= 11 is 1.78. The van der Waals surface area contributed by atoms with E-state index in [0.29, 0.717) is 5.92 Å². The lowest BCUT2D eigenvalue weighted by Gasteiger charge is -2.23. The van der Waals surface area contributed by atoms with Crippen LogP contribution in [0.3, 0.4) is 0 Å². The van der Waals surface area contributed by atoms with Gasteiger partial charge in [0, 0.05) is 38.1 Å². The van der Waals surface area contributed by atoms with Crippen molar-refractivity contribution >= 4 is 17.7 Å². The minimum atomic E-state index is 0.702. The van der Waals surface area contributed by atoms with Crippen molar-refractivity contribution in [2.24, 2.45) is 10.9 Å². The molecule has 0 amide bonds. The minimum absolute atomic E-state index is 0.702. The Morgan fingerprint density at radius 3 is 2.67 bits per heavy atom. The predicted molar refractivity (Wildman–Crippen MR) is 106 cm³/mol. The van der Waals surface area contributed by atoms with Gasteiger partial charge in [-0.25, -0.2) is 0 Å². The Hall–Kier alpha value is -1.20. The van der Waals surface area contributed by atoms with Gasteiger partial charge >= 0.3 is 0 Å². The number of hydrogen-bond acceptors (Lipinski definition) is 3. The van der Waals surface area contributed by atoms with Gasteiger partial charge in [-0.15, -0.1) is 11.8 Å². The zero-order chi connectivity index (χ0) is 17.4. The highest BCUT2D eigenvalue weighted by Gasteiger charge is 2.21. The number of benzene rings is 1. The fourth-order valence-electron chi connectivity index (χ4n) is 3.11. The number of nitrogens with zero attached hydrogens (tertiary/aromatic N) is 3. The third kappa shape index (κ3) is 5.71. The lowest BCUT2D eigenvalue weighted by molar-refractivity contribution is 0.343. The number of hydrogen-bond donors (Lipinski definition) is 1. The van der Waals surface area contributed by atoms with Gasteiger partial charge in [0.15, 0.2) is 5.96 Å². The van der Waals surface area contributed by atoms with Gasteiger partial charge in [-0.2, -0.15) is 0 Å². The van der Waals surface area contributed by atoms with Crippen molar-refractivity contribution in [1.29, 1.82) is 0 Å². The van der Waals surface area contributed by atoms with Crippen LogP contribution in [0.2, 0.25) is 0 Å². The van der Waals surface area contributed by atoms with E-state index in [0.717, 1.165) is 32.1 Å². The third-order valence-corrected chi connectivity index (χ3v) is 5.34. The van der Waals surface area contributed by atoms with Crippen molar-refractivity contribution in [1.82, 2.24) is 15.1 Å². The highest BCUT2D eigenvalue weighted by atomic mass is 32.2. The fourth-order valence-corrected chi connectivity index (χ4v) is 3.52. The number of likely N-dealkylation sites (tertiary alicyclic amines) is 1. The van der Waals surface area contributed by atoms with Crippen LogP contribution in [0.5, 0.6) is 0 Å². The first-order valence-electron chi connectivity index (χ1n) is 9.01. The van der Waals surface area contributed by atoms with Gasteiger partial charge in [0.1, 0.15) is 0 Å². The van der Waals surface area contributed by atoms with Crippen LogP contribution in [0.15, 0.2) is 34.2 Å². The van der Waals surface area contributed by atoms with E-state index >= 15 is 0 Å². The highest BCUT2D eigenvalue weighted by Crippen LogP contribution is 2.17. The van der Waals surface area contributed by atoms with Crippen LogP contribution < -0.4 is 5.32 Å². The Kier molecular flexibility index (Phi) is 7.92. The Bertz CT molecular complexity index is 515. The maximum absolute atomic E-state index is 4.89. The zero-order valence-corrected chi connectivity index (χ0v) is 16.4. The fraction of sp³-hybridized carbons (Fsp3) is 0.632. The van der Waals surface area contributed by atoms with Crippen LogP contribution in [-0.4, -0.2) is 61.8 Å². The first-order chi connectivity index (χ1) is 11.7. The molecule has 1 saturated heterocycles. The molecule has 2 rings (SSSR count). The number of nitrogens with one attached hydrogen (secondary N) is 1. The summed E-state index contributed by atoms with van der Waals surface area (Å²) in [7, 11) is 2.12. The normalized spacial score (nSPS) is 18.8. The average Bonchev–Trinajstić information content (AvgIpc) is 3.07. The molecule has 4 nitrogen and oxygen atoms in total. The number of guanidine groups is 1. The topological polar surface area (TPSA) is 30.9 Å². The molecule has 1 atom stereocenters. The van der Waals surface area contributed by atoms with Crippen LogP contribution in [0.4, 0.5) is 0 Å². The molecule has 0 aromatic heterocycles. The van der Waals surface area contributed by atoms with Crippen molar-refractivity contribution in [3.05, 3.63) is 29.8 Å². The summed E-state index contributed by atoms with van der Waals surface area (Å²) in [6.07, 6.45) is 3.39. The third-order valence-electron chi connectivity index (χ3n) is 4.59. The monoisotopic (exact) mass is 348 g/mol. The molecule has 0 spiro atoms. The molecule has 134 valence electrons. The molecule has 0 saturated carbocycles. The maximum Gasteiger partial charge on any atom is 0.193 e. The van der Waals surface area contributed by atoms with Gasteiger partial charge < -0.3 is 15.1 Å². The van der Waals surface area contributed by atoms with E-state index in [1.807, 2.05) is 0 Å². The zero-order valence-electron chi connectivity index (χ0n) is 15.6. The van der Waals surface area contributed by atoms with E-state index in [4.69, 9.17) is 4.99 Å². The number of aliphatic imine (C=N–C) groups is 1. The van der Waals surface area contributed by atoms with Crippen LogP contribution >= 0.6 is 11.8 Å². The molecule has 1 aliphatic rings. The molecule has 1 N–H and O–H groups in total. The average molecular weight is 349 g/mol. The Morgan fingerprint density at radius 2 is 2.08 bits per heavy atom. The molecule has 1 unspecified atom stereocenters. The second kappa shape index (κ2) is 9.94. The van der Waals surface area contributed by atoms with Crippen molar-refractivity contribution in [2.45, 2.75) is 31.7 Å². The summed E-state index contributed by atoms with van der Waals surface area (Å²) in [5, 5.41) is 3.43. The summed E-state index contributed by atoms with van der Waals surface area (Å²) in [6, 6.07) is 8.80. The van der Waals surface area contributed by atoms with Gasteiger partial charge in [-0.3, -0.25) is 4.99 Å². The SMILES string of the molecule is CCNC(=NCC1CCN(CC)C1)N(C)Cc1ccc(SC)cc1. The molecule has 0 aliphatic carbocycles. The lowest BCUT2D eigenvalue weighted by Crippen LogP contribution is -2.39. The van der Waals surface area contributed by atoms with Gasteiger partial charge in [0.2, 0.25) is 0 Å². The van der Waals surface area contributed by atoms with Crippen molar-refractivity contribution in [2.75, 3.05) is 46.0 Å². The van der Waals surface area contributed by atoms with Crippen molar-refractivity contribution in [3.8, 4) is 0 Å². The molecular weight excluding hydrogens is 316 g/mol. The molecule has 0 bridgehead atoms. The summed E-state index contributed by atoms with van der Waals surface area (Å²) in [5.74, 6) is 1.72. The first kappa shape index (κ1) is 19.1.